The van der Waals surface area contributed by atoms with Crippen LogP contribution in [0.5, 0.6) is 17.2 Å². The van der Waals surface area contributed by atoms with Crippen molar-refractivity contribution >= 4 is 29.3 Å². The Morgan fingerprint density at radius 1 is 1.11 bits per heavy atom. The summed E-state index contributed by atoms with van der Waals surface area (Å²) in [6.07, 6.45) is 1.01. The molecule has 3 aromatic rings. The SMILES string of the molecule is CCCSc1nc2n(n1)C(c1ccc(OCC)c(OC)c1)C(C(=O)Nc1ccccc1OC)=C(C)N2. The van der Waals surface area contributed by atoms with Gasteiger partial charge in [0.1, 0.15) is 11.8 Å². The number of carbonyl (C=O) groups is 1. The van der Waals surface area contributed by atoms with Gasteiger partial charge in [-0.25, -0.2) is 4.68 Å². The number of thioether (sulfide) groups is 1. The lowest BCUT2D eigenvalue weighted by Gasteiger charge is -2.29. The van der Waals surface area contributed by atoms with E-state index in [1.807, 2.05) is 44.2 Å². The Bertz CT molecular complexity index is 1270. The summed E-state index contributed by atoms with van der Waals surface area (Å²) in [7, 11) is 3.17. The van der Waals surface area contributed by atoms with Gasteiger partial charge in [0.2, 0.25) is 11.1 Å². The Kier molecular flexibility index (Phi) is 8.04. The molecular formula is C26H31N5O4S. The lowest BCUT2D eigenvalue weighted by Crippen LogP contribution is -2.31. The highest BCUT2D eigenvalue weighted by atomic mass is 32.2. The standard InChI is InChI=1S/C26H31N5O4S/c1-6-14-36-26-29-25-27-16(3)22(24(32)28-18-10-8-9-11-19(18)33-4)23(31(25)30-26)17-12-13-20(35-7-2)21(15-17)34-5/h8-13,15,23H,6-7,14H2,1-5H3,(H,28,32)(H,27,29,30). The maximum absolute atomic E-state index is 13.8. The zero-order valence-corrected chi connectivity index (χ0v) is 21.9. The Morgan fingerprint density at radius 3 is 2.61 bits per heavy atom. The predicted molar refractivity (Wildman–Crippen MR) is 141 cm³/mol. The molecule has 2 aromatic carbocycles. The fourth-order valence-corrected chi connectivity index (χ4v) is 4.74. The van der Waals surface area contributed by atoms with E-state index in [0.717, 1.165) is 17.7 Å². The summed E-state index contributed by atoms with van der Waals surface area (Å²) in [5.74, 6) is 3.00. The number of hydrogen-bond donors (Lipinski definition) is 2. The van der Waals surface area contributed by atoms with Crippen molar-refractivity contribution in [3.05, 3.63) is 59.3 Å². The number of nitrogens with one attached hydrogen (secondary N) is 2. The van der Waals surface area contributed by atoms with Crippen LogP contribution < -0.4 is 24.8 Å². The second kappa shape index (κ2) is 11.4. The summed E-state index contributed by atoms with van der Waals surface area (Å²) in [4.78, 5) is 18.4. The van der Waals surface area contributed by atoms with Crippen LogP contribution >= 0.6 is 11.8 Å². The van der Waals surface area contributed by atoms with Gasteiger partial charge in [-0.2, -0.15) is 4.98 Å². The molecular weight excluding hydrogens is 478 g/mol. The molecule has 0 bridgehead atoms. The molecule has 9 nitrogen and oxygen atoms in total. The number of amides is 1. The van der Waals surface area contributed by atoms with Crippen molar-refractivity contribution in [1.82, 2.24) is 14.8 Å². The molecule has 0 fully saturated rings. The first-order valence-electron chi connectivity index (χ1n) is 11.8. The van der Waals surface area contributed by atoms with Crippen LogP contribution in [0.4, 0.5) is 11.6 Å². The highest BCUT2D eigenvalue weighted by Crippen LogP contribution is 2.40. The average Bonchev–Trinajstić information content (AvgIpc) is 3.29. The summed E-state index contributed by atoms with van der Waals surface area (Å²) in [5.41, 5.74) is 2.60. The minimum absolute atomic E-state index is 0.272. The summed E-state index contributed by atoms with van der Waals surface area (Å²) in [5, 5.41) is 11.7. The zero-order chi connectivity index (χ0) is 25.7. The molecule has 190 valence electrons. The molecule has 0 aliphatic carbocycles. The van der Waals surface area contributed by atoms with Gasteiger partial charge in [-0.1, -0.05) is 36.9 Å². The van der Waals surface area contributed by atoms with Gasteiger partial charge in [0, 0.05) is 11.4 Å². The Labute approximate surface area is 215 Å². The lowest BCUT2D eigenvalue weighted by atomic mass is 9.94. The quantitative estimate of drug-likeness (QED) is 0.363. The molecule has 0 saturated heterocycles. The molecule has 1 aliphatic rings. The van der Waals surface area contributed by atoms with Crippen LogP contribution in [0.1, 0.15) is 38.8 Å². The molecule has 1 aliphatic heterocycles. The molecule has 1 unspecified atom stereocenters. The molecule has 36 heavy (non-hydrogen) atoms. The van der Waals surface area contributed by atoms with Crippen molar-refractivity contribution in [2.75, 3.05) is 37.2 Å². The normalized spacial score (nSPS) is 14.6. The van der Waals surface area contributed by atoms with Crippen LogP contribution in [-0.2, 0) is 4.79 Å². The second-order valence-corrected chi connectivity index (χ2v) is 9.14. The minimum atomic E-state index is -0.538. The third kappa shape index (κ3) is 5.13. The molecule has 1 aromatic heterocycles. The number of carbonyl (C=O) groups excluding carboxylic acids is 1. The van der Waals surface area contributed by atoms with Gasteiger partial charge >= 0.3 is 0 Å². The number of para-hydroxylation sites is 2. The maximum atomic E-state index is 13.8. The molecule has 0 saturated carbocycles. The number of hydrogen-bond acceptors (Lipinski definition) is 8. The first-order valence-corrected chi connectivity index (χ1v) is 12.8. The molecule has 1 amide bonds. The number of anilines is 2. The van der Waals surface area contributed by atoms with E-state index in [2.05, 4.69) is 22.5 Å². The molecule has 1 atom stereocenters. The topological polar surface area (TPSA) is 99.5 Å². The van der Waals surface area contributed by atoms with Crippen LogP contribution in [0.15, 0.2) is 58.9 Å². The number of allylic oxidation sites excluding steroid dienone is 1. The Balaban J connectivity index is 1.80. The second-order valence-electron chi connectivity index (χ2n) is 8.07. The molecule has 2 N–H and O–H groups in total. The van der Waals surface area contributed by atoms with Crippen molar-refractivity contribution < 1.29 is 19.0 Å². The summed E-state index contributed by atoms with van der Waals surface area (Å²) < 4.78 is 18.5. The van der Waals surface area contributed by atoms with Gasteiger partial charge in [-0.3, -0.25) is 4.79 Å². The Hall–Kier alpha value is -3.66. The number of fused-ring (bicyclic) bond motifs is 1. The van der Waals surface area contributed by atoms with Crippen LogP contribution in [-0.4, -0.2) is 47.3 Å². The van der Waals surface area contributed by atoms with Gasteiger partial charge < -0.3 is 24.8 Å². The molecule has 0 spiro atoms. The van der Waals surface area contributed by atoms with E-state index < -0.39 is 6.04 Å². The lowest BCUT2D eigenvalue weighted by molar-refractivity contribution is -0.113. The highest BCUT2D eigenvalue weighted by molar-refractivity contribution is 7.99. The smallest absolute Gasteiger partial charge is 0.255 e. The van der Waals surface area contributed by atoms with E-state index in [1.165, 1.54) is 0 Å². The fraction of sp³-hybridized carbons (Fsp3) is 0.346. The number of rotatable bonds is 10. The largest absolute Gasteiger partial charge is 0.495 e. The van der Waals surface area contributed by atoms with Gasteiger partial charge in [0.05, 0.1) is 32.1 Å². The summed E-state index contributed by atoms with van der Waals surface area (Å²) in [6.45, 7) is 6.42. The van der Waals surface area contributed by atoms with Gasteiger partial charge in [0.25, 0.3) is 5.91 Å². The number of methoxy groups -OCH3 is 2. The molecule has 2 heterocycles. The van der Waals surface area contributed by atoms with Crippen molar-refractivity contribution in [2.24, 2.45) is 0 Å². The fourth-order valence-electron chi connectivity index (χ4n) is 4.05. The molecule has 4 rings (SSSR count). The van der Waals surface area contributed by atoms with Crippen molar-refractivity contribution in [1.29, 1.82) is 0 Å². The van der Waals surface area contributed by atoms with E-state index in [1.54, 1.807) is 42.8 Å². The zero-order valence-electron chi connectivity index (χ0n) is 21.1. The number of nitrogens with zero attached hydrogens (tertiary/aromatic N) is 3. The number of aromatic nitrogens is 3. The van der Waals surface area contributed by atoms with Crippen molar-refractivity contribution in [2.45, 2.75) is 38.4 Å². The Morgan fingerprint density at radius 2 is 1.89 bits per heavy atom. The van der Waals surface area contributed by atoms with Gasteiger partial charge in [0.15, 0.2) is 11.5 Å². The molecule has 10 heteroatoms. The number of benzene rings is 2. The van der Waals surface area contributed by atoms with Crippen LogP contribution in [0.25, 0.3) is 0 Å². The highest BCUT2D eigenvalue weighted by Gasteiger charge is 2.35. The van der Waals surface area contributed by atoms with Crippen molar-refractivity contribution in [3.8, 4) is 17.2 Å². The van der Waals surface area contributed by atoms with Crippen LogP contribution in [0.2, 0.25) is 0 Å². The summed E-state index contributed by atoms with van der Waals surface area (Å²) >= 11 is 1.58. The van der Waals surface area contributed by atoms with E-state index in [0.29, 0.717) is 51.9 Å². The van der Waals surface area contributed by atoms with E-state index in [4.69, 9.17) is 19.3 Å². The average molecular weight is 510 g/mol. The predicted octanol–water partition coefficient (Wildman–Crippen LogP) is 5.12. The number of ether oxygens (including phenoxy) is 3. The van der Waals surface area contributed by atoms with E-state index in [9.17, 15) is 4.79 Å². The van der Waals surface area contributed by atoms with Crippen LogP contribution in [0, 0.1) is 0 Å². The van der Waals surface area contributed by atoms with E-state index in [-0.39, 0.29) is 5.91 Å². The van der Waals surface area contributed by atoms with Gasteiger partial charge in [-0.05, 0) is 50.1 Å². The third-order valence-electron chi connectivity index (χ3n) is 5.67. The third-order valence-corrected chi connectivity index (χ3v) is 6.72. The van der Waals surface area contributed by atoms with Crippen molar-refractivity contribution in [3.63, 3.8) is 0 Å². The maximum Gasteiger partial charge on any atom is 0.255 e. The first kappa shape index (κ1) is 25.4. The van der Waals surface area contributed by atoms with Crippen LogP contribution in [0.3, 0.4) is 0 Å². The minimum Gasteiger partial charge on any atom is -0.495 e. The summed E-state index contributed by atoms with van der Waals surface area (Å²) in [6, 6.07) is 12.4. The first-order chi connectivity index (χ1) is 17.5. The van der Waals surface area contributed by atoms with E-state index >= 15 is 0 Å². The molecule has 0 radical (unpaired) electrons. The van der Waals surface area contributed by atoms with Gasteiger partial charge in [-0.15, -0.1) is 5.10 Å². The monoisotopic (exact) mass is 509 g/mol.